The van der Waals surface area contributed by atoms with E-state index in [-0.39, 0.29) is 6.10 Å². The summed E-state index contributed by atoms with van der Waals surface area (Å²) in [5.74, 6) is 0. The van der Waals surface area contributed by atoms with Crippen LogP contribution in [0.1, 0.15) is 18.1 Å². The average Bonchev–Trinajstić information content (AvgIpc) is 2.41. The predicted octanol–water partition coefficient (Wildman–Crippen LogP) is 0.991. The first-order valence-corrected chi connectivity index (χ1v) is 8.72. The van der Waals surface area contributed by atoms with E-state index < -0.39 is 10.0 Å². The van der Waals surface area contributed by atoms with Crippen LogP contribution in [0.2, 0.25) is 0 Å². The van der Waals surface area contributed by atoms with Gasteiger partial charge in [-0.1, -0.05) is 12.1 Å². The molecule has 21 heavy (non-hydrogen) atoms. The van der Waals surface area contributed by atoms with Crippen LogP contribution in [0.15, 0.2) is 23.1 Å². The number of hydrogen-bond donors (Lipinski definition) is 1. The minimum Gasteiger partial charge on any atom is -0.392 e. The summed E-state index contributed by atoms with van der Waals surface area (Å²) in [6, 6.07) is 5.52. The molecule has 1 atom stereocenters. The summed E-state index contributed by atoms with van der Waals surface area (Å²) in [7, 11) is -3.42. The molecule has 6 heteroatoms. The van der Waals surface area contributed by atoms with E-state index in [0.717, 1.165) is 11.1 Å². The fraction of sp³-hybridized carbons (Fsp3) is 0.600. The van der Waals surface area contributed by atoms with Crippen LogP contribution in [0.4, 0.5) is 0 Å². The third-order valence-electron chi connectivity index (χ3n) is 3.82. The van der Waals surface area contributed by atoms with Crippen molar-refractivity contribution in [2.45, 2.75) is 31.8 Å². The molecule has 1 aliphatic rings. The quantitative estimate of drug-likeness (QED) is 0.901. The Kier molecular flexibility index (Phi) is 5.03. The van der Waals surface area contributed by atoms with E-state index in [1.54, 1.807) is 17.3 Å². The lowest BCUT2D eigenvalue weighted by atomic mass is 10.2. The molecule has 0 spiro atoms. The Labute approximate surface area is 127 Å². The van der Waals surface area contributed by atoms with Gasteiger partial charge < -0.3 is 5.11 Å². The summed E-state index contributed by atoms with van der Waals surface area (Å²) < 4.78 is 27.0. The molecule has 1 heterocycles. The molecular formula is C15H24N2O3S. The first-order chi connectivity index (χ1) is 9.80. The Morgan fingerprint density at radius 1 is 1.19 bits per heavy atom. The van der Waals surface area contributed by atoms with Gasteiger partial charge in [-0.3, -0.25) is 4.90 Å². The largest absolute Gasteiger partial charge is 0.392 e. The summed E-state index contributed by atoms with van der Waals surface area (Å²) >= 11 is 0. The first kappa shape index (κ1) is 16.4. The molecule has 1 N–H and O–H groups in total. The van der Waals surface area contributed by atoms with Crippen molar-refractivity contribution in [3.63, 3.8) is 0 Å². The third-order valence-corrected chi connectivity index (χ3v) is 5.86. The summed E-state index contributed by atoms with van der Waals surface area (Å²) in [5, 5.41) is 9.40. The van der Waals surface area contributed by atoms with Crippen molar-refractivity contribution < 1.29 is 13.5 Å². The van der Waals surface area contributed by atoms with Crippen molar-refractivity contribution in [3.05, 3.63) is 29.3 Å². The summed E-state index contributed by atoms with van der Waals surface area (Å²) in [4.78, 5) is 2.51. The van der Waals surface area contributed by atoms with E-state index in [4.69, 9.17) is 0 Å². The van der Waals surface area contributed by atoms with Gasteiger partial charge in [-0.05, 0) is 38.0 Å². The van der Waals surface area contributed by atoms with Gasteiger partial charge >= 0.3 is 0 Å². The second-order valence-electron chi connectivity index (χ2n) is 5.82. The van der Waals surface area contributed by atoms with E-state index in [0.29, 0.717) is 37.6 Å². The van der Waals surface area contributed by atoms with E-state index in [2.05, 4.69) is 4.90 Å². The van der Waals surface area contributed by atoms with Crippen molar-refractivity contribution >= 4 is 10.0 Å². The summed E-state index contributed by atoms with van der Waals surface area (Å²) in [6.45, 7) is 8.35. The van der Waals surface area contributed by atoms with E-state index in [1.165, 1.54) is 0 Å². The van der Waals surface area contributed by atoms with Crippen LogP contribution >= 0.6 is 0 Å². The Morgan fingerprint density at radius 3 is 2.38 bits per heavy atom. The van der Waals surface area contributed by atoms with Crippen LogP contribution in [-0.4, -0.2) is 61.6 Å². The highest BCUT2D eigenvalue weighted by Crippen LogP contribution is 2.22. The number of hydrogen-bond acceptors (Lipinski definition) is 4. The van der Waals surface area contributed by atoms with Crippen molar-refractivity contribution in [2.24, 2.45) is 0 Å². The highest BCUT2D eigenvalue weighted by molar-refractivity contribution is 7.89. The number of nitrogens with zero attached hydrogens (tertiary/aromatic N) is 2. The number of aliphatic hydroxyl groups is 1. The average molecular weight is 312 g/mol. The number of rotatable bonds is 4. The van der Waals surface area contributed by atoms with Gasteiger partial charge in [0, 0.05) is 32.7 Å². The molecule has 1 aliphatic heterocycles. The second-order valence-corrected chi connectivity index (χ2v) is 7.73. The molecular weight excluding hydrogens is 288 g/mol. The number of aryl methyl sites for hydroxylation is 2. The zero-order chi connectivity index (χ0) is 15.6. The maximum atomic E-state index is 12.7. The SMILES string of the molecule is Cc1ccc(C)c(S(=O)(=O)N2CCN(CC(C)O)CC2)c1. The lowest BCUT2D eigenvalue weighted by molar-refractivity contribution is 0.103. The molecule has 1 saturated heterocycles. The molecule has 0 radical (unpaired) electrons. The van der Waals surface area contributed by atoms with Crippen LogP contribution in [-0.2, 0) is 10.0 Å². The molecule has 0 saturated carbocycles. The van der Waals surface area contributed by atoms with E-state index in [9.17, 15) is 13.5 Å². The Bertz CT molecular complexity index is 591. The molecule has 0 aromatic heterocycles. The van der Waals surface area contributed by atoms with Crippen molar-refractivity contribution in [1.82, 2.24) is 9.21 Å². The molecule has 118 valence electrons. The zero-order valence-electron chi connectivity index (χ0n) is 12.9. The summed E-state index contributed by atoms with van der Waals surface area (Å²) in [5.41, 5.74) is 1.74. The number of piperazine rings is 1. The highest BCUT2D eigenvalue weighted by atomic mass is 32.2. The summed E-state index contributed by atoms with van der Waals surface area (Å²) in [6.07, 6.45) is -0.382. The smallest absolute Gasteiger partial charge is 0.243 e. The number of sulfonamides is 1. The lowest BCUT2D eigenvalue weighted by Gasteiger charge is -2.34. The van der Waals surface area contributed by atoms with Gasteiger partial charge in [0.2, 0.25) is 10.0 Å². The predicted molar refractivity (Wildman–Crippen MR) is 82.8 cm³/mol. The van der Waals surface area contributed by atoms with Crippen LogP contribution < -0.4 is 0 Å². The van der Waals surface area contributed by atoms with Crippen LogP contribution in [0.25, 0.3) is 0 Å². The Morgan fingerprint density at radius 2 is 1.81 bits per heavy atom. The molecule has 0 bridgehead atoms. The molecule has 1 aromatic rings. The maximum Gasteiger partial charge on any atom is 0.243 e. The molecule has 1 aromatic carbocycles. The molecule has 1 fully saturated rings. The molecule has 2 rings (SSSR count). The number of benzene rings is 1. The lowest BCUT2D eigenvalue weighted by Crippen LogP contribution is -2.50. The van der Waals surface area contributed by atoms with E-state index in [1.807, 2.05) is 26.0 Å². The minimum absolute atomic E-state index is 0.382. The fourth-order valence-electron chi connectivity index (χ4n) is 2.65. The van der Waals surface area contributed by atoms with E-state index >= 15 is 0 Å². The third kappa shape index (κ3) is 3.83. The van der Waals surface area contributed by atoms with Gasteiger partial charge in [-0.15, -0.1) is 0 Å². The number of β-amino-alcohol motifs (C(OH)–C–C–N with tert-alkyl or cyclic N) is 1. The van der Waals surface area contributed by atoms with Crippen LogP contribution in [0, 0.1) is 13.8 Å². The topological polar surface area (TPSA) is 60.9 Å². The maximum absolute atomic E-state index is 12.7. The normalized spacial score (nSPS) is 19.6. The van der Waals surface area contributed by atoms with Gasteiger partial charge in [-0.2, -0.15) is 4.31 Å². The Balaban J connectivity index is 2.13. The van der Waals surface area contributed by atoms with Crippen LogP contribution in [0.5, 0.6) is 0 Å². The molecule has 0 aliphatic carbocycles. The Hall–Kier alpha value is -0.950. The fourth-order valence-corrected chi connectivity index (χ4v) is 4.38. The monoisotopic (exact) mass is 312 g/mol. The zero-order valence-corrected chi connectivity index (χ0v) is 13.7. The first-order valence-electron chi connectivity index (χ1n) is 7.28. The standard InChI is InChI=1S/C15H24N2O3S/c1-12-4-5-13(2)15(10-12)21(19,20)17-8-6-16(7-9-17)11-14(3)18/h4-5,10,14,18H,6-9,11H2,1-3H3. The van der Waals surface area contributed by atoms with Crippen LogP contribution in [0.3, 0.4) is 0 Å². The van der Waals surface area contributed by atoms with Gasteiger partial charge in [0.15, 0.2) is 0 Å². The second kappa shape index (κ2) is 6.44. The minimum atomic E-state index is -3.42. The van der Waals surface area contributed by atoms with Gasteiger partial charge in [-0.25, -0.2) is 8.42 Å². The molecule has 5 nitrogen and oxygen atoms in total. The van der Waals surface area contributed by atoms with Crippen molar-refractivity contribution in [2.75, 3.05) is 32.7 Å². The van der Waals surface area contributed by atoms with Gasteiger partial charge in [0.05, 0.1) is 11.0 Å². The van der Waals surface area contributed by atoms with Gasteiger partial charge in [0.25, 0.3) is 0 Å². The molecule has 0 amide bonds. The highest BCUT2D eigenvalue weighted by Gasteiger charge is 2.29. The molecule has 1 unspecified atom stereocenters. The van der Waals surface area contributed by atoms with Crippen molar-refractivity contribution in [1.29, 1.82) is 0 Å². The number of aliphatic hydroxyl groups excluding tert-OH is 1. The van der Waals surface area contributed by atoms with Gasteiger partial charge in [0.1, 0.15) is 0 Å². The van der Waals surface area contributed by atoms with Crippen molar-refractivity contribution in [3.8, 4) is 0 Å².